The molecule has 4 aromatic heterocycles. The second-order valence-electron chi connectivity index (χ2n) is 17.8. The van der Waals surface area contributed by atoms with Crippen LogP contribution in [-0.2, 0) is 43.3 Å². The zero-order valence-electron chi connectivity index (χ0n) is 48.2. The van der Waals surface area contributed by atoms with Gasteiger partial charge in [0.15, 0.2) is 0 Å². The molecule has 10 aromatic rings. The van der Waals surface area contributed by atoms with Crippen molar-refractivity contribution < 1.29 is 36.2 Å². The second-order valence-corrected chi connectivity index (χ2v) is 17.8. The number of halogens is 6. The topological polar surface area (TPSA) is 126 Å². The molecule has 0 unspecified atom stereocenters. The van der Waals surface area contributed by atoms with E-state index in [4.69, 9.17) is 5.11 Å². The number of aliphatic hydroxyl groups excluding tert-OH is 1. The number of nitrogens with one attached hydrogen (secondary N) is 4. The highest BCUT2D eigenvalue weighted by atomic mass is 19.1. The van der Waals surface area contributed by atoms with Crippen molar-refractivity contribution in [2.75, 3.05) is 0 Å². The van der Waals surface area contributed by atoms with Gasteiger partial charge in [-0.15, -0.1) is 0 Å². The number of carbonyl (C=O) groups is 1. The number of imidazole rings is 2. The predicted molar refractivity (Wildman–Crippen MR) is 320 cm³/mol. The summed E-state index contributed by atoms with van der Waals surface area (Å²) in [6, 6.07) is 28.5. The Morgan fingerprint density at radius 1 is 0.531 bits per heavy atom. The fraction of sp³-hybridized carbons (Fsp3) is 0.269. The van der Waals surface area contributed by atoms with Crippen LogP contribution in [0.15, 0.2) is 141 Å². The number of benzene rings is 6. The molecule has 5 N–H and O–H groups in total. The van der Waals surface area contributed by atoms with Crippen LogP contribution in [0.5, 0.6) is 0 Å². The number of aromatic nitrogens is 6. The Morgan fingerprint density at radius 2 is 1.00 bits per heavy atom. The van der Waals surface area contributed by atoms with Gasteiger partial charge in [0.1, 0.15) is 52.8 Å². The number of aromatic amines is 4. The molecule has 10 rings (SSSR count). The first-order chi connectivity index (χ1) is 39.3. The summed E-state index contributed by atoms with van der Waals surface area (Å²) in [5, 5.41) is 8.62. The minimum Gasteiger partial charge on any atom is -0.516 e. The minimum atomic E-state index is -0.684. The molecule has 0 fully saturated rings. The Hall–Kier alpha value is -8.39. The molecule has 0 amide bonds. The molecular weight excluding hydrogens is 1030 g/mol. The molecular formula is C67H76F6N6O2. The smallest absolute Gasteiger partial charge is 0.140 e. The standard InChI is InChI=1S/C29H27F2N3.C28H21F4N3O.C2H4O.4C2H6/c1-3-5-19-6-4-7-20(12-19)13-22-17-33-29(34-22)25-15-21(8-9-26(25)30)14-24-18(2)23-10-11-32-28(23)16-27(24)31;29-19-9-16(2-1-7-36)8-18(10-19)11-20-15-34-28(35-20)23-13-17(3-4-24(23)30)12-22-25(31)14-26-21(27(22)32)5-6-33-26;1-2-3;4*1-2/h4,6-12,15-17,32H,3,5,13-14H2,1-2H3,(H,33,34);3-10,13-15,33H,1-2,11-12H2,(H,34,35);2-3H,1H2;4*1-2H3. The van der Waals surface area contributed by atoms with Gasteiger partial charge in [0.25, 0.3) is 0 Å². The van der Waals surface area contributed by atoms with Crippen molar-refractivity contribution in [3.63, 3.8) is 0 Å². The third kappa shape index (κ3) is 17.6. The molecule has 0 aliphatic carbocycles. The SMILES string of the molecule is C=CO.CC.CC.CC.CC.CCCc1cccc(Cc2cnc(-c3cc(Cc4c(F)cc5[nH]ccc5c4C)ccc3F)[nH]2)c1.O=CCCc1cc(F)cc(Cc2cnc(-c3cc(Cc4c(F)cc5[nH]ccc5c4F)ccc3F)[nH]2)c1. The summed E-state index contributed by atoms with van der Waals surface area (Å²) >= 11 is 0. The fourth-order valence-corrected chi connectivity index (χ4v) is 9.06. The Bertz CT molecular complexity index is 3550. The fourth-order valence-electron chi connectivity index (χ4n) is 9.06. The molecule has 0 atom stereocenters. The summed E-state index contributed by atoms with van der Waals surface area (Å²) in [4.78, 5) is 31.5. The molecule has 14 heteroatoms. The molecule has 0 saturated heterocycles. The number of rotatable bonds is 15. The highest BCUT2D eigenvalue weighted by Crippen LogP contribution is 2.31. The number of nitrogens with zero attached hydrogens (tertiary/aromatic N) is 2. The average molecular weight is 1110 g/mol. The maximum absolute atomic E-state index is 14.9. The Balaban J connectivity index is 0.000000298. The summed E-state index contributed by atoms with van der Waals surface area (Å²) < 4.78 is 87.8. The maximum Gasteiger partial charge on any atom is 0.140 e. The van der Waals surface area contributed by atoms with Gasteiger partial charge in [0.05, 0.1) is 22.9 Å². The number of H-pyrrole nitrogens is 4. The highest BCUT2D eigenvalue weighted by Gasteiger charge is 2.19. The van der Waals surface area contributed by atoms with E-state index in [-0.39, 0.29) is 40.4 Å². The Kier molecular flexibility index (Phi) is 26.7. The van der Waals surface area contributed by atoms with E-state index in [0.717, 1.165) is 53.1 Å². The van der Waals surface area contributed by atoms with Crippen molar-refractivity contribution in [1.82, 2.24) is 29.9 Å². The van der Waals surface area contributed by atoms with Crippen LogP contribution in [0.1, 0.15) is 137 Å². The van der Waals surface area contributed by atoms with E-state index < -0.39 is 23.3 Å². The second kappa shape index (κ2) is 33.3. The van der Waals surface area contributed by atoms with Crippen molar-refractivity contribution in [1.29, 1.82) is 0 Å². The van der Waals surface area contributed by atoms with Gasteiger partial charge in [0, 0.05) is 90.1 Å². The normalized spacial score (nSPS) is 10.3. The number of aliphatic hydroxyl groups is 1. The third-order valence-electron chi connectivity index (χ3n) is 12.5. The van der Waals surface area contributed by atoms with E-state index in [1.54, 1.807) is 18.3 Å². The number of aldehydes is 1. The number of hydrogen-bond acceptors (Lipinski definition) is 4. The first-order valence-electron chi connectivity index (χ1n) is 27.7. The lowest BCUT2D eigenvalue weighted by atomic mass is 9.96. The predicted octanol–water partition coefficient (Wildman–Crippen LogP) is 18.5. The maximum atomic E-state index is 14.9. The van der Waals surface area contributed by atoms with Crippen molar-refractivity contribution in [3.05, 3.63) is 237 Å². The molecule has 4 heterocycles. The number of carbonyl (C=O) groups excluding carboxylic acids is 1. The van der Waals surface area contributed by atoms with Gasteiger partial charge in [-0.25, -0.2) is 36.3 Å². The Morgan fingerprint density at radius 3 is 1.56 bits per heavy atom. The first-order valence-corrected chi connectivity index (χ1v) is 27.7. The van der Waals surface area contributed by atoms with Gasteiger partial charge < -0.3 is 29.8 Å². The lowest BCUT2D eigenvalue weighted by Gasteiger charge is -2.11. The van der Waals surface area contributed by atoms with Gasteiger partial charge in [-0.1, -0.05) is 118 Å². The molecule has 0 spiro atoms. The molecule has 8 nitrogen and oxygen atoms in total. The van der Waals surface area contributed by atoms with E-state index in [9.17, 15) is 31.1 Å². The molecule has 0 bridgehead atoms. The molecule has 81 heavy (non-hydrogen) atoms. The van der Waals surface area contributed by atoms with Crippen LogP contribution in [-0.4, -0.2) is 41.3 Å². The van der Waals surface area contributed by atoms with E-state index in [1.807, 2.05) is 80.6 Å². The molecule has 428 valence electrons. The number of aryl methyl sites for hydroxylation is 3. The molecule has 6 aromatic carbocycles. The van der Waals surface area contributed by atoms with Crippen LogP contribution in [0.2, 0.25) is 0 Å². The van der Waals surface area contributed by atoms with Crippen molar-refractivity contribution in [2.24, 2.45) is 0 Å². The summed E-state index contributed by atoms with van der Waals surface area (Å²) in [5.41, 5.74) is 9.94. The zero-order chi connectivity index (χ0) is 59.6. The van der Waals surface area contributed by atoms with Crippen LogP contribution < -0.4 is 0 Å². The van der Waals surface area contributed by atoms with E-state index in [2.05, 4.69) is 67.7 Å². The van der Waals surface area contributed by atoms with Crippen LogP contribution in [0, 0.1) is 41.8 Å². The lowest BCUT2D eigenvalue weighted by molar-refractivity contribution is -0.107. The van der Waals surface area contributed by atoms with Crippen molar-refractivity contribution >= 4 is 28.1 Å². The molecule has 0 aliphatic heterocycles. The van der Waals surface area contributed by atoms with Gasteiger partial charge in [-0.05, 0) is 125 Å². The minimum absolute atomic E-state index is 0.0630. The van der Waals surface area contributed by atoms with Crippen molar-refractivity contribution in [2.45, 2.75) is 121 Å². The quantitative estimate of drug-likeness (QED) is 0.0398. The average Bonchev–Trinajstić information content (AvgIpc) is 4.35. The van der Waals surface area contributed by atoms with Crippen LogP contribution in [0.4, 0.5) is 26.3 Å². The van der Waals surface area contributed by atoms with Gasteiger partial charge >= 0.3 is 0 Å². The monoisotopic (exact) mass is 1110 g/mol. The van der Waals surface area contributed by atoms with E-state index in [1.165, 1.54) is 78.1 Å². The van der Waals surface area contributed by atoms with Gasteiger partial charge in [0.2, 0.25) is 0 Å². The lowest BCUT2D eigenvalue weighted by Crippen LogP contribution is -1.99. The summed E-state index contributed by atoms with van der Waals surface area (Å²) in [5.74, 6) is -2.15. The number of fused-ring (bicyclic) bond motifs is 2. The van der Waals surface area contributed by atoms with E-state index >= 15 is 0 Å². The first kappa shape index (κ1) is 65.1. The third-order valence-corrected chi connectivity index (χ3v) is 12.5. The van der Waals surface area contributed by atoms with E-state index in [0.29, 0.717) is 77.0 Å². The van der Waals surface area contributed by atoms with Gasteiger partial charge in [-0.3, -0.25) is 0 Å². The molecule has 0 aliphatic rings. The Labute approximate surface area is 472 Å². The number of hydrogen-bond donors (Lipinski definition) is 5. The van der Waals surface area contributed by atoms with Crippen LogP contribution >= 0.6 is 0 Å². The summed E-state index contributed by atoms with van der Waals surface area (Å²) in [7, 11) is 0. The highest BCUT2D eigenvalue weighted by molar-refractivity contribution is 5.84. The van der Waals surface area contributed by atoms with Crippen LogP contribution in [0.25, 0.3) is 44.6 Å². The molecule has 0 radical (unpaired) electrons. The zero-order valence-corrected chi connectivity index (χ0v) is 48.2. The van der Waals surface area contributed by atoms with Crippen molar-refractivity contribution in [3.8, 4) is 22.8 Å². The summed E-state index contributed by atoms with van der Waals surface area (Å²) in [6.45, 7) is 23.0. The summed E-state index contributed by atoms with van der Waals surface area (Å²) in [6.07, 6.45) is 12.4. The van der Waals surface area contributed by atoms with Crippen LogP contribution in [0.3, 0.4) is 0 Å². The molecule has 0 saturated carbocycles. The largest absolute Gasteiger partial charge is 0.516 e. The van der Waals surface area contributed by atoms with Gasteiger partial charge in [-0.2, -0.15) is 0 Å².